The van der Waals surface area contributed by atoms with Crippen molar-refractivity contribution in [2.45, 2.75) is 13.0 Å². The van der Waals surface area contributed by atoms with Gasteiger partial charge in [0.25, 0.3) is 0 Å². The normalized spacial score (nSPS) is 10.5. The Bertz CT molecular complexity index is 1080. The number of nitrogens with one attached hydrogen (secondary N) is 2. The standard InChI is InChI=1S/C27H27N3O/c28-23-17-25(29-16-15-21-7-3-1-4-8-21)19-26(18-23)30-24-11-13-27(14-12-24)31-20-22-9-5-2-6-10-22/h1-14,17-19,29-30H,15-16,20,28H2. The Morgan fingerprint density at radius 1 is 0.645 bits per heavy atom. The number of anilines is 4. The summed E-state index contributed by atoms with van der Waals surface area (Å²) in [5, 5.41) is 6.88. The molecule has 31 heavy (non-hydrogen) atoms. The van der Waals surface area contributed by atoms with E-state index in [1.54, 1.807) is 0 Å². The fraction of sp³-hybridized carbons (Fsp3) is 0.111. The van der Waals surface area contributed by atoms with E-state index >= 15 is 0 Å². The van der Waals surface area contributed by atoms with Crippen LogP contribution in [0.15, 0.2) is 103 Å². The first-order valence-electron chi connectivity index (χ1n) is 10.5. The van der Waals surface area contributed by atoms with Gasteiger partial charge in [0, 0.05) is 29.3 Å². The Labute approximate surface area is 183 Å². The molecule has 0 bridgehead atoms. The monoisotopic (exact) mass is 409 g/mol. The molecule has 0 unspecified atom stereocenters. The Morgan fingerprint density at radius 2 is 1.29 bits per heavy atom. The summed E-state index contributed by atoms with van der Waals surface area (Å²) in [6.07, 6.45) is 0.961. The van der Waals surface area contributed by atoms with Crippen LogP contribution in [0.5, 0.6) is 5.75 Å². The van der Waals surface area contributed by atoms with Crippen LogP contribution in [0.2, 0.25) is 0 Å². The van der Waals surface area contributed by atoms with Gasteiger partial charge in [0.1, 0.15) is 12.4 Å². The van der Waals surface area contributed by atoms with Gasteiger partial charge in [-0.1, -0.05) is 60.7 Å². The van der Waals surface area contributed by atoms with Crippen LogP contribution in [0.4, 0.5) is 22.7 Å². The van der Waals surface area contributed by atoms with Crippen molar-refractivity contribution in [1.82, 2.24) is 0 Å². The highest BCUT2D eigenvalue weighted by atomic mass is 16.5. The molecular formula is C27H27N3O. The van der Waals surface area contributed by atoms with Gasteiger partial charge in [0.05, 0.1) is 0 Å². The third-order valence-corrected chi connectivity index (χ3v) is 4.93. The minimum absolute atomic E-state index is 0.556. The second-order valence-electron chi connectivity index (χ2n) is 7.43. The molecule has 0 radical (unpaired) electrons. The van der Waals surface area contributed by atoms with Crippen molar-refractivity contribution >= 4 is 22.7 Å². The summed E-state index contributed by atoms with van der Waals surface area (Å²) in [5.74, 6) is 0.838. The van der Waals surface area contributed by atoms with Crippen molar-refractivity contribution in [2.75, 3.05) is 22.9 Å². The highest BCUT2D eigenvalue weighted by Crippen LogP contribution is 2.25. The Balaban J connectivity index is 1.33. The molecule has 0 aliphatic heterocycles. The van der Waals surface area contributed by atoms with E-state index in [1.807, 2.05) is 60.7 Å². The van der Waals surface area contributed by atoms with Gasteiger partial charge in [-0.3, -0.25) is 0 Å². The predicted octanol–water partition coefficient (Wildman–Crippen LogP) is 6.25. The lowest BCUT2D eigenvalue weighted by atomic mass is 10.1. The zero-order valence-corrected chi connectivity index (χ0v) is 17.4. The van der Waals surface area contributed by atoms with Crippen molar-refractivity contribution in [3.05, 3.63) is 114 Å². The largest absolute Gasteiger partial charge is 0.489 e. The van der Waals surface area contributed by atoms with Gasteiger partial charge in [-0.25, -0.2) is 0 Å². The molecule has 0 spiro atoms. The van der Waals surface area contributed by atoms with Crippen LogP contribution in [-0.4, -0.2) is 6.54 Å². The van der Waals surface area contributed by atoms with Crippen LogP contribution in [0.1, 0.15) is 11.1 Å². The number of nitrogen functional groups attached to an aromatic ring is 1. The number of nitrogens with two attached hydrogens (primary N) is 1. The summed E-state index contributed by atoms with van der Waals surface area (Å²) < 4.78 is 5.86. The van der Waals surface area contributed by atoms with Crippen LogP contribution in [0.3, 0.4) is 0 Å². The summed E-state index contributed by atoms with van der Waals surface area (Å²) in [4.78, 5) is 0. The molecule has 0 aromatic heterocycles. The summed E-state index contributed by atoms with van der Waals surface area (Å²) >= 11 is 0. The highest BCUT2D eigenvalue weighted by molar-refractivity contribution is 5.70. The van der Waals surface area contributed by atoms with E-state index < -0.39 is 0 Å². The number of benzene rings is 4. The second kappa shape index (κ2) is 10.2. The molecule has 4 nitrogen and oxygen atoms in total. The van der Waals surface area contributed by atoms with Gasteiger partial charge in [-0.15, -0.1) is 0 Å². The Kier molecular flexibility index (Phi) is 6.71. The number of ether oxygens (including phenoxy) is 1. The van der Waals surface area contributed by atoms with E-state index in [0.29, 0.717) is 6.61 Å². The van der Waals surface area contributed by atoms with Crippen LogP contribution in [0.25, 0.3) is 0 Å². The molecule has 4 heteroatoms. The highest BCUT2D eigenvalue weighted by Gasteiger charge is 2.02. The van der Waals surface area contributed by atoms with Crippen molar-refractivity contribution in [3.8, 4) is 5.75 Å². The fourth-order valence-electron chi connectivity index (χ4n) is 3.36. The summed E-state index contributed by atoms with van der Waals surface area (Å²) in [7, 11) is 0. The quantitative estimate of drug-likeness (QED) is 0.286. The molecule has 0 aliphatic rings. The molecule has 0 fully saturated rings. The van der Waals surface area contributed by atoms with Crippen molar-refractivity contribution in [1.29, 1.82) is 0 Å². The number of hydrogen-bond donors (Lipinski definition) is 3. The van der Waals surface area contributed by atoms with Crippen molar-refractivity contribution in [2.24, 2.45) is 0 Å². The Morgan fingerprint density at radius 3 is 2.00 bits per heavy atom. The molecule has 0 heterocycles. The van der Waals surface area contributed by atoms with E-state index in [4.69, 9.17) is 10.5 Å². The molecule has 0 aliphatic carbocycles. The van der Waals surface area contributed by atoms with E-state index in [-0.39, 0.29) is 0 Å². The molecule has 0 amide bonds. The molecule has 156 valence electrons. The van der Waals surface area contributed by atoms with Crippen LogP contribution < -0.4 is 21.1 Å². The van der Waals surface area contributed by atoms with E-state index in [9.17, 15) is 0 Å². The maximum absolute atomic E-state index is 6.11. The van der Waals surface area contributed by atoms with Crippen LogP contribution in [-0.2, 0) is 13.0 Å². The first-order valence-corrected chi connectivity index (χ1v) is 10.5. The zero-order chi connectivity index (χ0) is 21.3. The third-order valence-electron chi connectivity index (χ3n) is 4.93. The lowest BCUT2D eigenvalue weighted by Crippen LogP contribution is -2.05. The molecule has 0 saturated heterocycles. The maximum atomic E-state index is 6.11. The van der Waals surface area contributed by atoms with E-state index in [2.05, 4.69) is 53.1 Å². The molecular weight excluding hydrogens is 382 g/mol. The molecule has 4 rings (SSSR count). The first-order chi connectivity index (χ1) is 15.2. The van der Waals surface area contributed by atoms with Crippen molar-refractivity contribution in [3.63, 3.8) is 0 Å². The smallest absolute Gasteiger partial charge is 0.119 e. The predicted molar refractivity (Wildman–Crippen MR) is 130 cm³/mol. The van der Waals surface area contributed by atoms with Gasteiger partial charge < -0.3 is 21.1 Å². The maximum Gasteiger partial charge on any atom is 0.119 e. The van der Waals surface area contributed by atoms with Crippen molar-refractivity contribution < 1.29 is 4.74 Å². The molecule has 4 aromatic carbocycles. The molecule has 4 aromatic rings. The molecule has 4 N–H and O–H groups in total. The zero-order valence-electron chi connectivity index (χ0n) is 17.4. The summed E-state index contributed by atoms with van der Waals surface area (Å²) in [6.45, 7) is 1.40. The van der Waals surface area contributed by atoms with Gasteiger partial charge in [0.2, 0.25) is 0 Å². The summed E-state index contributed by atoms with van der Waals surface area (Å²) in [6, 6.07) is 34.5. The average Bonchev–Trinajstić information content (AvgIpc) is 2.80. The Hall–Kier alpha value is -3.92. The minimum Gasteiger partial charge on any atom is -0.489 e. The topological polar surface area (TPSA) is 59.3 Å². The lowest BCUT2D eigenvalue weighted by Gasteiger charge is -2.13. The van der Waals surface area contributed by atoms with Gasteiger partial charge in [-0.2, -0.15) is 0 Å². The van der Waals surface area contributed by atoms with E-state index in [0.717, 1.165) is 47.0 Å². The van der Waals surface area contributed by atoms with Crippen LogP contribution >= 0.6 is 0 Å². The molecule has 0 saturated carbocycles. The summed E-state index contributed by atoms with van der Waals surface area (Å²) in [5.41, 5.74) is 12.2. The first kappa shape index (κ1) is 20.4. The van der Waals surface area contributed by atoms with Gasteiger partial charge in [0.15, 0.2) is 0 Å². The van der Waals surface area contributed by atoms with Gasteiger partial charge >= 0.3 is 0 Å². The number of hydrogen-bond acceptors (Lipinski definition) is 4. The molecule has 0 atom stereocenters. The SMILES string of the molecule is Nc1cc(NCCc2ccccc2)cc(Nc2ccc(OCc3ccccc3)cc2)c1. The third kappa shape index (κ3) is 6.28. The average molecular weight is 410 g/mol. The van der Waals surface area contributed by atoms with E-state index in [1.165, 1.54) is 5.56 Å². The second-order valence-corrected chi connectivity index (χ2v) is 7.43. The number of rotatable bonds is 9. The van der Waals surface area contributed by atoms with Gasteiger partial charge in [-0.05, 0) is 60.0 Å². The van der Waals surface area contributed by atoms with Crippen LogP contribution in [0, 0.1) is 0 Å². The minimum atomic E-state index is 0.556. The fourth-order valence-corrected chi connectivity index (χ4v) is 3.36. The lowest BCUT2D eigenvalue weighted by molar-refractivity contribution is 0.306.